The van der Waals surface area contributed by atoms with E-state index in [1.54, 1.807) is 12.1 Å². The number of imidazole rings is 1. The van der Waals surface area contributed by atoms with E-state index in [0.717, 1.165) is 0 Å². The number of nitrogens with zero attached hydrogens (tertiary/aromatic N) is 1. The monoisotopic (exact) mass is 299 g/mol. The number of rotatable bonds is 3. The molecule has 1 amide bonds. The van der Waals surface area contributed by atoms with Crippen molar-refractivity contribution in [1.82, 2.24) is 9.97 Å². The van der Waals surface area contributed by atoms with Crippen molar-refractivity contribution >= 4 is 28.6 Å². The molecule has 0 fully saturated rings. The number of para-hydroxylation sites is 1. The number of H-pyrrole nitrogens is 1. The molecular formula is C15H10FN3O3. The Morgan fingerprint density at radius 2 is 1.95 bits per heavy atom. The van der Waals surface area contributed by atoms with Crippen LogP contribution in [-0.2, 0) is 0 Å². The lowest BCUT2D eigenvalue weighted by atomic mass is 10.2. The van der Waals surface area contributed by atoms with Crippen molar-refractivity contribution in [3.63, 3.8) is 0 Å². The number of anilines is 1. The fourth-order valence-corrected chi connectivity index (χ4v) is 2.05. The zero-order valence-corrected chi connectivity index (χ0v) is 11.1. The van der Waals surface area contributed by atoms with E-state index in [2.05, 4.69) is 15.3 Å². The van der Waals surface area contributed by atoms with Crippen molar-refractivity contribution < 1.29 is 19.1 Å². The highest BCUT2D eigenvalue weighted by atomic mass is 19.1. The average Bonchev–Trinajstić information content (AvgIpc) is 2.90. The fraction of sp³-hybridized carbons (Fsp3) is 0. The number of amides is 1. The van der Waals surface area contributed by atoms with Gasteiger partial charge in [-0.1, -0.05) is 12.1 Å². The molecule has 0 unspecified atom stereocenters. The number of fused-ring (bicyclic) bond motifs is 1. The Kier molecular flexibility index (Phi) is 3.30. The molecule has 0 saturated carbocycles. The van der Waals surface area contributed by atoms with E-state index in [1.165, 1.54) is 30.3 Å². The highest BCUT2D eigenvalue weighted by molar-refractivity contribution is 6.07. The second-order valence-corrected chi connectivity index (χ2v) is 4.55. The van der Waals surface area contributed by atoms with Crippen molar-refractivity contribution in [1.29, 1.82) is 0 Å². The zero-order chi connectivity index (χ0) is 15.7. The first kappa shape index (κ1) is 13.7. The SMILES string of the molecule is O=C(Nc1ccccc1C(=O)O)c1nc2ccc(F)cc2[nH]1. The molecule has 6 nitrogen and oxygen atoms in total. The summed E-state index contributed by atoms with van der Waals surface area (Å²) in [6.07, 6.45) is 0. The maximum Gasteiger partial charge on any atom is 0.337 e. The van der Waals surface area contributed by atoms with Crippen molar-refractivity contribution in [2.24, 2.45) is 0 Å². The largest absolute Gasteiger partial charge is 0.478 e. The van der Waals surface area contributed by atoms with Crippen LogP contribution >= 0.6 is 0 Å². The standard InChI is InChI=1S/C15H10FN3O3/c16-8-5-6-11-12(7-8)18-13(17-11)14(20)19-10-4-2-1-3-9(10)15(21)22/h1-7H,(H,17,18)(H,19,20)(H,21,22). The number of carboxylic acids is 1. The van der Waals surface area contributed by atoms with E-state index in [0.29, 0.717) is 11.0 Å². The first-order valence-corrected chi connectivity index (χ1v) is 6.33. The molecule has 22 heavy (non-hydrogen) atoms. The second-order valence-electron chi connectivity index (χ2n) is 4.55. The number of aromatic nitrogens is 2. The summed E-state index contributed by atoms with van der Waals surface area (Å²) in [5.41, 5.74) is 0.958. The molecule has 1 aromatic heterocycles. The molecule has 2 aromatic carbocycles. The summed E-state index contributed by atoms with van der Waals surface area (Å²) in [4.78, 5) is 30.0. The van der Waals surface area contributed by atoms with Crippen LogP contribution < -0.4 is 5.32 Å². The van der Waals surface area contributed by atoms with Crippen LogP contribution in [0.1, 0.15) is 21.0 Å². The highest BCUT2D eigenvalue weighted by Gasteiger charge is 2.16. The van der Waals surface area contributed by atoms with E-state index in [1.807, 2.05) is 0 Å². The number of carbonyl (C=O) groups is 2. The molecule has 0 atom stereocenters. The molecule has 3 rings (SSSR count). The summed E-state index contributed by atoms with van der Waals surface area (Å²) in [7, 11) is 0. The number of carbonyl (C=O) groups excluding carboxylic acids is 1. The summed E-state index contributed by atoms with van der Waals surface area (Å²) < 4.78 is 13.1. The smallest absolute Gasteiger partial charge is 0.337 e. The number of halogens is 1. The second kappa shape index (κ2) is 5.28. The van der Waals surface area contributed by atoms with Crippen LogP contribution in [0.2, 0.25) is 0 Å². The van der Waals surface area contributed by atoms with Crippen LogP contribution in [-0.4, -0.2) is 27.0 Å². The molecule has 3 N–H and O–H groups in total. The molecule has 0 bridgehead atoms. The molecule has 0 spiro atoms. The minimum absolute atomic E-state index is 0.0270. The predicted molar refractivity (Wildman–Crippen MR) is 77.4 cm³/mol. The number of nitrogens with one attached hydrogen (secondary N) is 2. The van der Waals surface area contributed by atoms with Crippen molar-refractivity contribution in [3.8, 4) is 0 Å². The van der Waals surface area contributed by atoms with Crippen LogP contribution in [0.4, 0.5) is 10.1 Å². The Morgan fingerprint density at radius 3 is 2.73 bits per heavy atom. The van der Waals surface area contributed by atoms with Gasteiger partial charge in [-0.25, -0.2) is 14.2 Å². The summed E-state index contributed by atoms with van der Waals surface area (Å²) in [6.45, 7) is 0. The first-order chi connectivity index (χ1) is 10.5. The van der Waals surface area contributed by atoms with Crippen LogP contribution in [0.15, 0.2) is 42.5 Å². The maximum absolute atomic E-state index is 13.1. The predicted octanol–water partition coefficient (Wildman–Crippen LogP) is 2.65. The average molecular weight is 299 g/mol. The zero-order valence-electron chi connectivity index (χ0n) is 11.1. The van der Waals surface area contributed by atoms with Gasteiger partial charge in [0, 0.05) is 0 Å². The number of carboxylic acid groups (broad SMARTS) is 1. The summed E-state index contributed by atoms with van der Waals surface area (Å²) >= 11 is 0. The molecule has 0 aliphatic carbocycles. The van der Waals surface area contributed by atoms with Gasteiger partial charge in [0.15, 0.2) is 5.82 Å². The molecule has 0 aliphatic heterocycles. The number of hydrogen-bond donors (Lipinski definition) is 3. The van der Waals surface area contributed by atoms with E-state index in [4.69, 9.17) is 5.11 Å². The van der Waals surface area contributed by atoms with Crippen molar-refractivity contribution in [2.75, 3.05) is 5.32 Å². The van der Waals surface area contributed by atoms with Crippen LogP contribution in [0, 0.1) is 5.82 Å². The van der Waals surface area contributed by atoms with E-state index in [-0.39, 0.29) is 17.1 Å². The van der Waals surface area contributed by atoms with Gasteiger partial charge in [0.05, 0.1) is 22.3 Å². The third kappa shape index (κ3) is 2.51. The molecule has 0 aliphatic rings. The Bertz CT molecular complexity index is 889. The van der Waals surface area contributed by atoms with Crippen molar-refractivity contribution in [3.05, 3.63) is 59.7 Å². The Hall–Kier alpha value is -3.22. The van der Waals surface area contributed by atoms with Gasteiger partial charge in [-0.05, 0) is 30.3 Å². The van der Waals surface area contributed by atoms with Gasteiger partial charge in [-0.3, -0.25) is 4.79 Å². The van der Waals surface area contributed by atoms with Gasteiger partial charge < -0.3 is 15.4 Å². The molecule has 0 radical (unpaired) electrons. The third-order valence-corrected chi connectivity index (χ3v) is 3.06. The quantitative estimate of drug-likeness (QED) is 0.693. The Morgan fingerprint density at radius 1 is 1.18 bits per heavy atom. The maximum atomic E-state index is 13.1. The molecular weight excluding hydrogens is 289 g/mol. The lowest BCUT2D eigenvalue weighted by Gasteiger charge is -2.06. The minimum atomic E-state index is -1.15. The van der Waals surface area contributed by atoms with E-state index < -0.39 is 17.7 Å². The number of benzene rings is 2. The normalized spacial score (nSPS) is 10.6. The number of aromatic carboxylic acids is 1. The topological polar surface area (TPSA) is 95.1 Å². The first-order valence-electron chi connectivity index (χ1n) is 6.33. The number of aromatic amines is 1. The van der Waals surface area contributed by atoms with Crippen LogP contribution in [0.5, 0.6) is 0 Å². The van der Waals surface area contributed by atoms with Gasteiger partial charge in [0.25, 0.3) is 5.91 Å². The Labute approximate surface area is 123 Å². The summed E-state index contributed by atoms with van der Waals surface area (Å²) in [5.74, 6) is -2.23. The van der Waals surface area contributed by atoms with Gasteiger partial charge in [-0.2, -0.15) is 0 Å². The minimum Gasteiger partial charge on any atom is -0.478 e. The van der Waals surface area contributed by atoms with Gasteiger partial charge in [0.2, 0.25) is 0 Å². The van der Waals surface area contributed by atoms with Crippen LogP contribution in [0.3, 0.4) is 0 Å². The van der Waals surface area contributed by atoms with E-state index in [9.17, 15) is 14.0 Å². The third-order valence-electron chi connectivity index (χ3n) is 3.06. The molecule has 0 saturated heterocycles. The highest BCUT2D eigenvalue weighted by Crippen LogP contribution is 2.17. The van der Waals surface area contributed by atoms with Gasteiger partial charge in [-0.15, -0.1) is 0 Å². The van der Waals surface area contributed by atoms with Crippen molar-refractivity contribution in [2.45, 2.75) is 0 Å². The van der Waals surface area contributed by atoms with Gasteiger partial charge >= 0.3 is 5.97 Å². The number of hydrogen-bond acceptors (Lipinski definition) is 3. The molecule has 110 valence electrons. The molecule has 3 aromatic rings. The Balaban J connectivity index is 1.92. The van der Waals surface area contributed by atoms with Gasteiger partial charge in [0.1, 0.15) is 5.82 Å². The summed E-state index contributed by atoms with van der Waals surface area (Å²) in [6, 6.07) is 9.94. The lowest BCUT2D eigenvalue weighted by Crippen LogP contribution is -2.16. The molecule has 7 heteroatoms. The summed E-state index contributed by atoms with van der Waals surface area (Å²) in [5, 5.41) is 11.6. The lowest BCUT2D eigenvalue weighted by molar-refractivity contribution is 0.0698. The van der Waals surface area contributed by atoms with Crippen LogP contribution in [0.25, 0.3) is 11.0 Å². The fourth-order valence-electron chi connectivity index (χ4n) is 2.05. The van der Waals surface area contributed by atoms with E-state index >= 15 is 0 Å². The molecule has 1 heterocycles.